The second kappa shape index (κ2) is 4.06. The van der Waals surface area contributed by atoms with E-state index in [1.54, 1.807) is 24.3 Å². The fourth-order valence-electron chi connectivity index (χ4n) is 1.31. The van der Waals surface area contributed by atoms with Crippen LogP contribution in [0.3, 0.4) is 0 Å². The summed E-state index contributed by atoms with van der Waals surface area (Å²) in [5.41, 5.74) is 7.04. The number of phenolic OH excluding ortho intramolecular Hbond substituents is 1. The Morgan fingerprint density at radius 2 is 1.94 bits per heavy atom. The summed E-state index contributed by atoms with van der Waals surface area (Å²) in [6.45, 7) is 0. The lowest BCUT2D eigenvalue weighted by Crippen LogP contribution is -1.99. The molecule has 0 bridgehead atoms. The van der Waals surface area contributed by atoms with Crippen molar-refractivity contribution in [3.05, 3.63) is 30.5 Å². The second-order valence-electron chi connectivity index (χ2n) is 3.19. The standard InChI is InChI=1S/C11H11N3O2/c1-16-9-6-13-11(12)10(14-9)7-2-4-8(15)5-3-7/h2-6,15H,1H3,(H2,12,13). The van der Waals surface area contributed by atoms with E-state index in [4.69, 9.17) is 10.5 Å². The van der Waals surface area contributed by atoms with Crippen LogP contribution in [-0.4, -0.2) is 22.2 Å². The highest BCUT2D eigenvalue weighted by molar-refractivity contribution is 5.70. The van der Waals surface area contributed by atoms with Crippen LogP contribution in [0.5, 0.6) is 11.6 Å². The summed E-state index contributed by atoms with van der Waals surface area (Å²) in [4.78, 5) is 8.18. The van der Waals surface area contributed by atoms with E-state index in [0.29, 0.717) is 17.4 Å². The van der Waals surface area contributed by atoms with E-state index in [9.17, 15) is 5.11 Å². The first-order chi connectivity index (χ1) is 7.70. The molecule has 0 radical (unpaired) electrons. The van der Waals surface area contributed by atoms with E-state index >= 15 is 0 Å². The number of hydrogen-bond donors (Lipinski definition) is 2. The molecule has 0 spiro atoms. The van der Waals surface area contributed by atoms with E-state index in [-0.39, 0.29) is 5.75 Å². The van der Waals surface area contributed by atoms with Crippen LogP contribution in [0.1, 0.15) is 0 Å². The van der Waals surface area contributed by atoms with Gasteiger partial charge in [0.25, 0.3) is 0 Å². The van der Waals surface area contributed by atoms with Gasteiger partial charge in [-0.15, -0.1) is 0 Å². The highest BCUT2D eigenvalue weighted by Crippen LogP contribution is 2.25. The monoisotopic (exact) mass is 217 g/mol. The number of nitrogens with zero attached hydrogens (tertiary/aromatic N) is 2. The SMILES string of the molecule is COc1cnc(N)c(-c2ccc(O)cc2)n1. The Balaban J connectivity index is 2.50. The highest BCUT2D eigenvalue weighted by atomic mass is 16.5. The molecule has 0 aliphatic carbocycles. The topological polar surface area (TPSA) is 81.3 Å². The van der Waals surface area contributed by atoms with Crippen molar-refractivity contribution < 1.29 is 9.84 Å². The quantitative estimate of drug-likeness (QED) is 0.795. The molecule has 3 N–H and O–H groups in total. The number of nitrogen functional groups attached to an aromatic ring is 1. The minimum atomic E-state index is 0.193. The molecule has 0 amide bonds. The normalized spacial score (nSPS) is 10.1. The molecule has 0 saturated carbocycles. The Bertz CT molecular complexity index is 497. The van der Waals surface area contributed by atoms with Gasteiger partial charge in [0, 0.05) is 5.56 Å². The van der Waals surface area contributed by atoms with Gasteiger partial charge in [0.05, 0.1) is 13.3 Å². The van der Waals surface area contributed by atoms with E-state index in [1.807, 2.05) is 0 Å². The number of rotatable bonds is 2. The maximum absolute atomic E-state index is 9.18. The average molecular weight is 217 g/mol. The molecule has 0 fully saturated rings. The van der Waals surface area contributed by atoms with Gasteiger partial charge in [-0.1, -0.05) is 0 Å². The van der Waals surface area contributed by atoms with Crippen LogP contribution in [0, 0.1) is 0 Å². The van der Waals surface area contributed by atoms with Crippen molar-refractivity contribution in [1.29, 1.82) is 0 Å². The summed E-state index contributed by atoms with van der Waals surface area (Å²) >= 11 is 0. The number of hydrogen-bond acceptors (Lipinski definition) is 5. The zero-order valence-electron chi connectivity index (χ0n) is 8.71. The molecule has 82 valence electrons. The average Bonchev–Trinajstić information content (AvgIpc) is 2.31. The van der Waals surface area contributed by atoms with Gasteiger partial charge in [0.15, 0.2) is 0 Å². The fourth-order valence-corrected chi connectivity index (χ4v) is 1.31. The van der Waals surface area contributed by atoms with Gasteiger partial charge >= 0.3 is 0 Å². The predicted molar refractivity (Wildman–Crippen MR) is 60.1 cm³/mol. The second-order valence-corrected chi connectivity index (χ2v) is 3.19. The minimum absolute atomic E-state index is 0.193. The molecule has 5 nitrogen and oxygen atoms in total. The van der Waals surface area contributed by atoms with Crippen molar-refractivity contribution in [1.82, 2.24) is 9.97 Å². The van der Waals surface area contributed by atoms with Crippen molar-refractivity contribution in [2.45, 2.75) is 0 Å². The maximum Gasteiger partial charge on any atom is 0.232 e. The Hall–Kier alpha value is -2.30. The summed E-state index contributed by atoms with van der Waals surface area (Å²) in [6.07, 6.45) is 1.46. The summed E-state index contributed by atoms with van der Waals surface area (Å²) < 4.78 is 4.98. The smallest absolute Gasteiger partial charge is 0.232 e. The van der Waals surface area contributed by atoms with E-state index in [1.165, 1.54) is 13.3 Å². The van der Waals surface area contributed by atoms with Crippen LogP contribution in [0.15, 0.2) is 30.5 Å². The molecule has 2 aromatic rings. The molecule has 0 atom stereocenters. The molecular formula is C11H11N3O2. The fraction of sp³-hybridized carbons (Fsp3) is 0.0909. The Labute approximate surface area is 92.5 Å². The first kappa shape index (κ1) is 10.2. The Morgan fingerprint density at radius 3 is 2.56 bits per heavy atom. The first-order valence-electron chi connectivity index (χ1n) is 4.66. The van der Waals surface area contributed by atoms with Crippen LogP contribution < -0.4 is 10.5 Å². The van der Waals surface area contributed by atoms with E-state index in [2.05, 4.69) is 9.97 Å². The van der Waals surface area contributed by atoms with Gasteiger partial charge in [-0.25, -0.2) is 9.97 Å². The number of phenols is 1. The third kappa shape index (κ3) is 1.88. The number of methoxy groups -OCH3 is 1. The minimum Gasteiger partial charge on any atom is -0.508 e. The lowest BCUT2D eigenvalue weighted by Gasteiger charge is -2.06. The largest absolute Gasteiger partial charge is 0.508 e. The van der Waals surface area contributed by atoms with Gasteiger partial charge in [0.2, 0.25) is 5.88 Å². The van der Waals surface area contributed by atoms with Crippen molar-refractivity contribution in [3.8, 4) is 22.9 Å². The highest BCUT2D eigenvalue weighted by Gasteiger charge is 2.07. The van der Waals surface area contributed by atoms with Crippen LogP contribution in [0.2, 0.25) is 0 Å². The molecule has 1 heterocycles. The van der Waals surface area contributed by atoms with Crippen molar-refractivity contribution in [3.63, 3.8) is 0 Å². The Kier molecular flexibility index (Phi) is 2.59. The molecule has 0 aliphatic heterocycles. The Morgan fingerprint density at radius 1 is 1.25 bits per heavy atom. The number of aromatic nitrogens is 2. The number of anilines is 1. The lowest BCUT2D eigenvalue weighted by atomic mass is 10.1. The number of aromatic hydroxyl groups is 1. The molecule has 1 aromatic heterocycles. The predicted octanol–water partition coefficient (Wildman–Crippen LogP) is 1.44. The molecule has 1 aromatic carbocycles. The molecule has 0 aliphatic rings. The number of ether oxygens (including phenoxy) is 1. The van der Waals surface area contributed by atoms with Gasteiger partial charge < -0.3 is 15.6 Å². The van der Waals surface area contributed by atoms with Crippen LogP contribution in [0.4, 0.5) is 5.82 Å². The summed E-state index contributed by atoms with van der Waals surface area (Å²) in [6, 6.07) is 6.57. The van der Waals surface area contributed by atoms with Gasteiger partial charge in [0.1, 0.15) is 17.3 Å². The molecule has 0 saturated heterocycles. The first-order valence-corrected chi connectivity index (χ1v) is 4.66. The van der Waals surface area contributed by atoms with Crippen molar-refractivity contribution in [2.75, 3.05) is 12.8 Å². The molecule has 16 heavy (non-hydrogen) atoms. The van der Waals surface area contributed by atoms with Crippen LogP contribution in [-0.2, 0) is 0 Å². The summed E-state index contributed by atoms with van der Waals surface area (Å²) in [5, 5.41) is 9.18. The van der Waals surface area contributed by atoms with Gasteiger partial charge in [-0.05, 0) is 24.3 Å². The molecule has 5 heteroatoms. The summed E-state index contributed by atoms with van der Waals surface area (Å²) in [5.74, 6) is 0.918. The van der Waals surface area contributed by atoms with E-state index < -0.39 is 0 Å². The third-order valence-electron chi connectivity index (χ3n) is 2.13. The van der Waals surface area contributed by atoms with Crippen molar-refractivity contribution in [2.24, 2.45) is 0 Å². The number of nitrogens with two attached hydrogens (primary N) is 1. The van der Waals surface area contributed by atoms with Crippen LogP contribution in [0.25, 0.3) is 11.3 Å². The zero-order valence-corrected chi connectivity index (χ0v) is 8.71. The van der Waals surface area contributed by atoms with Crippen LogP contribution >= 0.6 is 0 Å². The number of benzene rings is 1. The van der Waals surface area contributed by atoms with E-state index in [0.717, 1.165) is 5.56 Å². The molecule has 0 unspecified atom stereocenters. The van der Waals surface area contributed by atoms with Gasteiger partial charge in [-0.3, -0.25) is 0 Å². The zero-order chi connectivity index (χ0) is 11.5. The maximum atomic E-state index is 9.18. The van der Waals surface area contributed by atoms with Crippen molar-refractivity contribution >= 4 is 5.82 Å². The molecular weight excluding hydrogens is 206 g/mol. The summed E-state index contributed by atoms with van der Waals surface area (Å²) in [7, 11) is 1.51. The van der Waals surface area contributed by atoms with Gasteiger partial charge in [-0.2, -0.15) is 0 Å². The lowest BCUT2D eigenvalue weighted by molar-refractivity contribution is 0.396. The third-order valence-corrected chi connectivity index (χ3v) is 2.13. The molecule has 2 rings (SSSR count).